The van der Waals surface area contributed by atoms with Crippen LogP contribution < -0.4 is 4.90 Å². The van der Waals surface area contributed by atoms with Crippen molar-refractivity contribution in [2.24, 2.45) is 0 Å². The number of amides is 1. The van der Waals surface area contributed by atoms with Crippen molar-refractivity contribution in [1.29, 1.82) is 0 Å². The van der Waals surface area contributed by atoms with Gasteiger partial charge in [0.05, 0.1) is 15.5 Å². The number of nitro groups is 1. The number of piperazine rings is 1. The molecule has 0 aliphatic carbocycles. The zero-order valence-electron chi connectivity index (χ0n) is 13.5. The highest BCUT2D eigenvalue weighted by Crippen LogP contribution is 2.29. The summed E-state index contributed by atoms with van der Waals surface area (Å²) in [5, 5.41) is 11.0. The molecule has 136 valence electrons. The Labute approximate surface area is 152 Å². The molecule has 1 aliphatic heterocycles. The monoisotopic (exact) mass is 381 g/mol. The van der Waals surface area contributed by atoms with Gasteiger partial charge in [-0.2, -0.15) is 0 Å². The Hall–Kier alpha value is -2.74. The Morgan fingerprint density at radius 3 is 2.35 bits per heavy atom. The number of carbonyl (C=O) groups is 1. The molecule has 0 aromatic heterocycles. The zero-order valence-corrected chi connectivity index (χ0v) is 14.2. The second kappa shape index (κ2) is 7.25. The maximum atomic E-state index is 13.4. The molecule has 1 aliphatic rings. The minimum Gasteiger partial charge on any atom is -0.362 e. The number of anilines is 1. The molecular weight excluding hydrogens is 368 g/mol. The van der Waals surface area contributed by atoms with Crippen LogP contribution in [0.3, 0.4) is 0 Å². The quantitative estimate of drug-likeness (QED) is 0.463. The molecule has 2 aromatic carbocycles. The van der Waals surface area contributed by atoms with Gasteiger partial charge in [-0.05, 0) is 18.2 Å². The second-order valence-corrected chi connectivity index (χ2v) is 6.18. The molecular formula is C17H14ClF2N3O3. The highest BCUT2D eigenvalue weighted by molar-refractivity contribution is 6.33. The van der Waals surface area contributed by atoms with Crippen LogP contribution in [0, 0.1) is 21.7 Å². The molecule has 9 heteroatoms. The first-order valence-corrected chi connectivity index (χ1v) is 8.18. The highest BCUT2D eigenvalue weighted by atomic mass is 35.5. The first kappa shape index (κ1) is 18.1. The molecule has 1 amide bonds. The summed E-state index contributed by atoms with van der Waals surface area (Å²) in [6, 6.07) is 7.94. The number of hydrogen-bond donors (Lipinski definition) is 0. The Balaban J connectivity index is 1.74. The van der Waals surface area contributed by atoms with E-state index in [1.54, 1.807) is 18.2 Å². The number of nitro benzene ring substituents is 1. The summed E-state index contributed by atoms with van der Waals surface area (Å²) in [5.41, 5.74) is 0.371. The zero-order chi connectivity index (χ0) is 18.8. The van der Waals surface area contributed by atoms with E-state index in [9.17, 15) is 23.7 Å². The number of hydrogen-bond acceptors (Lipinski definition) is 4. The third-order valence-corrected chi connectivity index (χ3v) is 4.54. The van der Waals surface area contributed by atoms with E-state index < -0.39 is 22.5 Å². The summed E-state index contributed by atoms with van der Waals surface area (Å²) in [7, 11) is 0. The van der Waals surface area contributed by atoms with Gasteiger partial charge < -0.3 is 9.80 Å². The van der Waals surface area contributed by atoms with Crippen LogP contribution in [-0.2, 0) is 0 Å². The molecule has 0 spiro atoms. The van der Waals surface area contributed by atoms with E-state index in [4.69, 9.17) is 11.6 Å². The molecule has 0 N–H and O–H groups in total. The summed E-state index contributed by atoms with van der Waals surface area (Å²) in [6.45, 7) is 1.30. The van der Waals surface area contributed by atoms with Crippen LogP contribution in [0.1, 0.15) is 10.4 Å². The van der Waals surface area contributed by atoms with E-state index in [1.165, 1.54) is 11.0 Å². The number of para-hydroxylation sites is 2. The van der Waals surface area contributed by atoms with Gasteiger partial charge in [0.25, 0.3) is 11.6 Å². The van der Waals surface area contributed by atoms with Gasteiger partial charge in [0.15, 0.2) is 11.6 Å². The van der Waals surface area contributed by atoms with Crippen molar-refractivity contribution in [3.8, 4) is 0 Å². The topological polar surface area (TPSA) is 66.7 Å². The predicted molar refractivity (Wildman–Crippen MR) is 92.6 cm³/mol. The molecule has 26 heavy (non-hydrogen) atoms. The summed E-state index contributed by atoms with van der Waals surface area (Å²) < 4.78 is 26.6. The second-order valence-electron chi connectivity index (χ2n) is 5.77. The Morgan fingerprint density at radius 1 is 1.08 bits per heavy atom. The van der Waals surface area contributed by atoms with Crippen molar-refractivity contribution in [1.82, 2.24) is 4.90 Å². The van der Waals surface area contributed by atoms with Crippen molar-refractivity contribution in [2.75, 3.05) is 31.1 Å². The van der Waals surface area contributed by atoms with E-state index in [0.717, 1.165) is 12.1 Å². The molecule has 0 bridgehead atoms. The fourth-order valence-corrected chi connectivity index (χ4v) is 3.12. The number of halogens is 3. The smallest absolute Gasteiger partial charge is 0.292 e. The molecule has 2 aromatic rings. The van der Waals surface area contributed by atoms with Crippen LogP contribution >= 0.6 is 11.6 Å². The average Bonchev–Trinajstić information content (AvgIpc) is 2.64. The number of benzene rings is 2. The van der Waals surface area contributed by atoms with Crippen LogP contribution in [0.4, 0.5) is 20.2 Å². The molecule has 0 atom stereocenters. The molecule has 1 fully saturated rings. The van der Waals surface area contributed by atoms with Gasteiger partial charge in [-0.1, -0.05) is 23.7 Å². The summed E-state index contributed by atoms with van der Waals surface area (Å²) in [6.07, 6.45) is 0. The van der Waals surface area contributed by atoms with Gasteiger partial charge in [0.2, 0.25) is 0 Å². The molecule has 1 heterocycles. The van der Waals surface area contributed by atoms with Crippen LogP contribution in [0.15, 0.2) is 36.4 Å². The molecule has 0 saturated carbocycles. The summed E-state index contributed by atoms with van der Waals surface area (Å²) in [4.78, 5) is 26.5. The first-order valence-electron chi connectivity index (χ1n) is 7.80. The minimum absolute atomic E-state index is 0.00377. The predicted octanol–water partition coefficient (Wildman–Crippen LogP) is 3.49. The standard InChI is InChI=1S/C17H14ClF2N3O3/c18-12-10-14(20)13(19)9-11(12)17(24)22-7-5-21(6-8-22)15-3-1-2-4-16(15)23(25)26/h1-4,9-10H,5-8H2. The van der Waals surface area contributed by atoms with Crippen molar-refractivity contribution >= 4 is 28.9 Å². The lowest BCUT2D eigenvalue weighted by molar-refractivity contribution is -0.384. The number of carbonyl (C=O) groups excluding carboxylic acids is 1. The molecule has 0 unspecified atom stereocenters. The maximum absolute atomic E-state index is 13.4. The fraction of sp³-hybridized carbons (Fsp3) is 0.235. The van der Waals surface area contributed by atoms with Gasteiger partial charge in [-0.15, -0.1) is 0 Å². The molecule has 6 nitrogen and oxygen atoms in total. The Bertz CT molecular complexity index is 870. The lowest BCUT2D eigenvalue weighted by Gasteiger charge is -2.36. The van der Waals surface area contributed by atoms with E-state index >= 15 is 0 Å². The largest absolute Gasteiger partial charge is 0.362 e. The van der Waals surface area contributed by atoms with Crippen molar-refractivity contribution in [2.45, 2.75) is 0 Å². The Kier molecular flexibility index (Phi) is 5.03. The summed E-state index contributed by atoms with van der Waals surface area (Å²) >= 11 is 5.86. The lowest BCUT2D eigenvalue weighted by Crippen LogP contribution is -2.49. The Morgan fingerprint density at radius 2 is 1.69 bits per heavy atom. The van der Waals surface area contributed by atoms with Crippen molar-refractivity contribution < 1.29 is 18.5 Å². The minimum atomic E-state index is -1.14. The van der Waals surface area contributed by atoms with Gasteiger partial charge in [-0.3, -0.25) is 14.9 Å². The van der Waals surface area contributed by atoms with Crippen molar-refractivity contribution in [3.05, 3.63) is 68.7 Å². The fourth-order valence-electron chi connectivity index (χ4n) is 2.89. The van der Waals surface area contributed by atoms with Crippen LogP contribution in [0.5, 0.6) is 0 Å². The SMILES string of the molecule is O=C(c1cc(F)c(F)cc1Cl)N1CCN(c2ccccc2[N+](=O)[O-])CC1. The van der Waals surface area contributed by atoms with E-state index in [-0.39, 0.29) is 29.4 Å². The third kappa shape index (κ3) is 3.45. The van der Waals surface area contributed by atoms with Gasteiger partial charge in [-0.25, -0.2) is 8.78 Å². The molecule has 1 saturated heterocycles. The molecule has 3 rings (SSSR count). The number of rotatable bonds is 3. The van der Waals surface area contributed by atoms with Gasteiger partial charge >= 0.3 is 0 Å². The third-order valence-electron chi connectivity index (χ3n) is 4.23. The molecule has 0 radical (unpaired) electrons. The van der Waals surface area contributed by atoms with E-state index in [0.29, 0.717) is 18.8 Å². The van der Waals surface area contributed by atoms with Crippen LogP contribution in [0.25, 0.3) is 0 Å². The van der Waals surface area contributed by atoms with Crippen LogP contribution in [-0.4, -0.2) is 41.9 Å². The van der Waals surface area contributed by atoms with E-state index in [1.807, 2.05) is 4.90 Å². The highest BCUT2D eigenvalue weighted by Gasteiger charge is 2.27. The first-order chi connectivity index (χ1) is 12.4. The lowest BCUT2D eigenvalue weighted by atomic mass is 10.1. The normalized spacial score (nSPS) is 14.4. The van der Waals surface area contributed by atoms with E-state index in [2.05, 4.69) is 0 Å². The summed E-state index contributed by atoms with van der Waals surface area (Å²) in [5.74, 6) is -2.76. The van der Waals surface area contributed by atoms with Crippen LogP contribution in [0.2, 0.25) is 5.02 Å². The van der Waals surface area contributed by atoms with Gasteiger partial charge in [0, 0.05) is 32.2 Å². The average molecular weight is 382 g/mol. The number of nitrogens with zero attached hydrogens (tertiary/aromatic N) is 3. The maximum Gasteiger partial charge on any atom is 0.292 e. The van der Waals surface area contributed by atoms with Crippen molar-refractivity contribution in [3.63, 3.8) is 0 Å². The van der Waals surface area contributed by atoms with Gasteiger partial charge in [0.1, 0.15) is 5.69 Å².